The Labute approximate surface area is 117 Å². The second kappa shape index (κ2) is 6.38. The summed E-state index contributed by atoms with van der Waals surface area (Å²) in [5.41, 5.74) is 0. The SMILES string of the molecule is O=C(O)c1ccc(CNS(=O)(=O)N2CCCCCC2)o1. The molecule has 2 N–H and O–H groups in total. The van der Waals surface area contributed by atoms with Crippen LogP contribution in [-0.4, -0.2) is 36.9 Å². The summed E-state index contributed by atoms with van der Waals surface area (Å²) >= 11 is 0. The van der Waals surface area contributed by atoms with Crippen LogP contribution >= 0.6 is 0 Å². The van der Waals surface area contributed by atoms with Gasteiger partial charge in [-0.2, -0.15) is 17.4 Å². The summed E-state index contributed by atoms with van der Waals surface area (Å²) in [6.07, 6.45) is 3.83. The van der Waals surface area contributed by atoms with Crippen LogP contribution in [0.2, 0.25) is 0 Å². The van der Waals surface area contributed by atoms with Gasteiger partial charge in [0, 0.05) is 13.1 Å². The molecule has 0 unspecified atom stereocenters. The Morgan fingerprint density at radius 2 is 1.90 bits per heavy atom. The molecule has 2 heterocycles. The zero-order chi connectivity index (χ0) is 14.6. The topological polar surface area (TPSA) is 99.8 Å². The minimum absolute atomic E-state index is 0.0495. The Hall–Kier alpha value is -1.38. The van der Waals surface area contributed by atoms with Gasteiger partial charge in [0.1, 0.15) is 5.76 Å². The molecule has 7 nitrogen and oxygen atoms in total. The van der Waals surface area contributed by atoms with Crippen LogP contribution in [0.4, 0.5) is 0 Å². The Morgan fingerprint density at radius 3 is 2.45 bits per heavy atom. The Kier molecular flexibility index (Phi) is 4.79. The number of nitrogens with zero attached hydrogens (tertiary/aromatic N) is 1. The predicted molar refractivity (Wildman–Crippen MR) is 71.5 cm³/mol. The zero-order valence-corrected chi connectivity index (χ0v) is 11.9. The fourth-order valence-electron chi connectivity index (χ4n) is 2.12. The van der Waals surface area contributed by atoms with Crippen LogP contribution in [0.1, 0.15) is 42.0 Å². The molecular weight excluding hydrogens is 284 g/mol. The van der Waals surface area contributed by atoms with Gasteiger partial charge in [0.2, 0.25) is 5.76 Å². The van der Waals surface area contributed by atoms with E-state index in [9.17, 15) is 13.2 Å². The number of carboxylic acids is 1. The van der Waals surface area contributed by atoms with Crippen LogP contribution in [0.5, 0.6) is 0 Å². The highest BCUT2D eigenvalue weighted by molar-refractivity contribution is 7.87. The lowest BCUT2D eigenvalue weighted by molar-refractivity contribution is 0.0660. The van der Waals surface area contributed by atoms with E-state index in [4.69, 9.17) is 9.52 Å². The molecule has 1 fully saturated rings. The molecule has 20 heavy (non-hydrogen) atoms. The summed E-state index contributed by atoms with van der Waals surface area (Å²) < 4.78 is 33.1. The number of nitrogens with one attached hydrogen (secondary N) is 1. The minimum Gasteiger partial charge on any atom is -0.475 e. The van der Waals surface area contributed by atoms with Crippen molar-refractivity contribution in [1.82, 2.24) is 9.03 Å². The van der Waals surface area contributed by atoms with E-state index in [1.165, 1.54) is 16.4 Å². The Balaban J connectivity index is 1.95. The first-order chi connectivity index (χ1) is 9.49. The van der Waals surface area contributed by atoms with Crippen molar-refractivity contribution in [3.8, 4) is 0 Å². The normalized spacial score (nSPS) is 17.8. The molecule has 0 aromatic carbocycles. The monoisotopic (exact) mass is 302 g/mol. The van der Waals surface area contributed by atoms with Gasteiger partial charge in [-0.05, 0) is 25.0 Å². The first-order valence-electron chi connectivity index (χ1n) is 6.56. The van der Waals surface area contributed by atoms with Gasteiger partial charge in [0.05, 0.1) is 6.54 Å². The quantitative estimate of drug-likeness (QED) is 0.851. The van der Waals surface area contributed by atoms with Crippen LogP contribution in [0.25, 0.3) is 0 Å². The van der Waals surface area contributed by atoms with Crippen molar-refractivity contribution in [3.05, 3.63) is 23.7 Å². The minimum atomic E-state index is -3.54. The van der Waals surface area contributed by atoms with E-state index < -0.39 is 16.2 Å². The van der Waals surface area contributed by atoms with E-state index >= 15 is 0 Å². The number of hydrogen-bond acceptors (Lipinski definition) is 4. The first-order valence-corrected chi connectivity index (χ1v) is 8.00. The highest BCUT2D eigenvalue weighted by Crippen LogP contribution is 2.13. The van der Waals surface area contributed by atoms with Crippen LogP contribution in [0.15, 0.2) is 16.5 Å². The van der Waals surface area contributed by atoms with Crippen molar-refractivity contribution in [1.29, 1.82) is 0 Å². The van der Waals surface area contributed by atoms with Crippen molar-refractivity contribution >= 4 is 16.2 Å². The van der Waals surface area contributed by atoms with Gasteiger partial charge in [-0.3, -0.25) is 0 Å². The molecule has 0 saturated carbocycles. The van der Waals surface area contributed by atoms with Crippen molar-refractivity contribution in [2.24, 2.45) is 0 Å². The van der Waals surface area contributed by atoms with E-state index in [-0.39, 0.29) is 18.1 Å². The second-order valence-corrected chi connectivity index (χ2v) is 6.47. The number of aromatic carboxylic acids is 1. The average Bonchev–Trinajstić information content (AvgIpc) is 2.70. The molecule has 1 aliphatic rings. The Morgan fingerprint density at radius 1 is 1.25 bits per heavy atom. The molecule has 1 aromatic heterocycles. The lowest BCUT2D eigenvalue weighted by Gasteiger charge is -2.19. The van der Waals surface area contributed by atoms with Crippen molar-refractivity contribution in [3.63, 3.8) is 0 Å². The third-order valence-corrected chi connectivity index (χ3v) is 4.76. The number of rotatable bonds is 5. The lowest BCUT2D eigenvalue weighted by Crippen LogP contribution is -2.40. The molecule has 8 heteroatoms. The van der Waals surface area contributed by atoms with Crippen LogP contribution in [-0.2, 0) is 16.8 Å². The van der Waals surface area contributed by atoms with E-state index in [2.05, 4.69) is 4.72 Å². The van der Waals surface area contributed by atoms with E-state index in [0.717, 1.165) is 25.7 Å². The maximum Gasteiger partial charge on any atom is 0.371 e. The summed E-state index contributed by atoms with van der Waals surface area (Å²) in [6, 6.07) is 2.76. The fraction of sp³-hybridized carbons (Fsp3) is 0.583. The molecule has 2 rings (SSSR count). The van der Waals surface area contributed by atoms with Crippen LogP contribution in [0.3, 0.4) is 0 Å². The van der Waals surface area contributed by atoms with Crippen molar-refractivity contribution < 1.29 is 22.7 Å². The van der Waals surface area contributed by atoms with Crippen LogP contribution in [0, 0.1) is 0 Å². The molecule has 0 bridgehead atoms. The molecule has 1 aromatic rings. The standard InChI is InChI=1S/C12H18N2O5S/c15-12(16)11-6-5-10(19-11)9-13-20(17,18)14-7-3-1-2-4-8-14/h5-6,13H,1-4,7-9H2,(H,15,16). The molecule has 0 atom stereocenters. The third-order valence-electron chi connectivity index (χ3n) is 3.21. The Bertz CT molecular complexity index is 558. The number of furan rings is 1. The van der Waals surface area contributed by atoms with Gasteiger partial charge in [-0.15, -0.1) is 0 Å². The van der Waals surface area contributed by atoms with Crippen LogP contribution < -0.4 is 4.72 Å². The predicted octanol–water partition coefficient (Wildman–Crippen LogP) is 1.19. The summed E-state index contributed by atoms with van der Waals surface area (Å²) in [4.78, 5) is 10.7. The summed E-state index contributed by atoms with van der Waals surface area (Å²) in [5.74, 6) is -1.10. The molecule has 1 aliphatic heterocycles. The zero-order valence-electron chi connectivity index (χ0n) is 11.0. The summed E-state index contributed by atoms with van der Waals surface area (Å²) in [5, 5.41) is 8.72. The van der Waals surface area contributed by atoms with Crippen molar-refractivity contribution in [2.75, 3.05) is 13.1 Å². The number of hydrogen-bond donors (Lipinski definition) is 2. The molecule has 0 spiro atoms. The highest BCUT2D eigenvalue weighted by atomic mass is 32.2. The molecular formula is C12H18N2O5S. The third kappa shape index (κ3) is 3.81. The summed E-state index contributed by atoms with van der Waals surface area (Å²) in [6.45, 7) is 0.994. The molecule has 112 valence electrons. The largest absolute Gasteiger partial charge is 0.475 e. The van der Waals surface area contributed by atoms with Gasteiger partial charge in [0.15, 0.2) is 0 Å². The average molecular weight is 302 g/mol. The van der Waals surface area contributed by atoms with Gasteiger partial charge >= 0.3 is 5.97 Å². The van der Waals surface area contributed by atoms with E-state index in [1.54, 1.807) is 0 Å². The molecule has 0 aliphatic carbocycles. The van der Waals surface area contributed by atoms with Crippen molar-refractivity contribution in [2.45, 2.75) is 32.2 Å². The van der Waals surface area contributed by atoms with E-state index in [1.807, 2.05) is 0 Å². The maximum absolute atomic E-state index is 12.1. The number of carboxylic acid groups (broad SMARTS) is 1. The maximum atomic E-state index is 12.1. The highest BCUT2D eigenvalue weighted by Gasteiger charge is 2.23. The van der Waals surface area contributed by atoms with E-state index in [0.29, 0.717) is 13.1 Å². The lowest BCUT2D eigenvalue weighted by atomic mass is 10.2. The van der Waals surface area contributed by atoms with Gasteiger partial charge in [-0.1, -0.05) is 12.8 Å². The first kappa shape index (κ1) is 15.0. The summed E-state index contributed by atoms with van der Waals surface area (Å²) in [7, 11) is -3.54. The molecule has 0 radical (unpaired) electrons. The van der Waals surface area contributed by atoms with Gasteiger partial charge in [-0.25, -0.2) is 4.79 Å². The smallest absolute Gasteiger partial charge is 0.371 e. The number of carbonyl (C=O) groups is 1. The molecule has 0 amide bonds. The molecule has 1 saturated heterocycles. The van der Waals surface area contributed by atoms with Gasteiger partial charge in [0.25, 0.3) is 10.2 Å². The fourth-order valence-corrected chi connectivity index (χ4v) is 3.37. The second-order valence-electron chi connectivity index (χ2n) is 4.71. The van der Waals surface area contributed by atoms with Gasteiger partial charge < -0.3 is 9.52 Å².